The first-order valence-corrected chi connectivity index (χ1v) is 9.74. The molecule has 0 aliphatic carbocycles. The molecule has 1 aliphatic rings. The Morgan fingerprint density at radius 1 is 1.34 bits per heavy atom. The van der Waals surface area contributed by atoms with Gasteiger partial charge in [-0.25, -0.2) is 5.90 Å². The Labute approximate surface area is 232 Å². The quantitative estimate of drug-likeness (QED) is 0.0957. The van der Waals surface area contributed by atoms with E-state index in [1.165, 1.54) is 23.5 Å². The third-order valence-corrected chi connectivity index (χ3v) is 5.67. The molecule has 0 atom stereocenters. The zero-order valence-electron chi connectivity index (χ0n) is 16.8. The van der Waals surface area contributed by atoms with E-state index in [1.54, 1.807) is 18.4 Å². The molecule has 0 saturated heterocycles. The van der Waals surface area contributed by atoms with E-state index in [1.807, 2.05) is 0 Å². The number of fused-ring (bicyclic) bond motifs is 1. The Morgan fingerprint density at radius 3 is 2.53 bits per heavy atom. The molecular weight excluding hydrogens is 495 g/mol. The van der Waals surface area contributed by atoms with Gasteiger partial charge in [0, 0.05) is 17.5 Å². The number of aromatic nitrogens is 1. The Morgan fingerprint density at radius 2 is 1.97 bits per heavy atom. The zero-order chi connectivity index (χ0) is 22.8. The summed E-state index contributed by atoms with van der Waals surface area (Å²) < 4.78 is 15.7. The number of nitrogens with zero attached hydrogens (tertiary/aromatic N) is 1. The van der Waals surface area contributed by atoms with Crippen LogP contribution in [0, 0.1) is 6.92 Å². The standard InChI is InChI=1S/C18H14ClNO7S.K.H3NO2/c1-8-15(19)16(27-20-8)10-2-3-28-17(10)12(21)4-9-5-13-14(26-7-25-13)6-11(9)18(22,23)24;;1-3-2/h2-3,5-6,22-24H,4,7H2,1H3;;2H,1H2/q;+1;/p-1. The second-order valence-electron chi connectivity index (χ2n) is 6.27. The number of aryl methyl sites for hydroxylation is 1. The number of ether oxygens (including phenoxy) is 2. The summed E-state index contributed by atoms with van der Waals surface area (Å²) in [6, 6.07) is 4.36. The molecule has 3 aromatic rings. The average Bonchev–Trinajstić information content (AvgIpc) is 3.42. The van der Waals surface area contributed by atoms with Crippen molar-refractivity contribution in [2.45, 2.75) is 19.3 Å². The van der Waals surface area contributed by atoms with Crippen LogP contribution in [-0.2, 0) is 17.4 Å². The zero-order valence-corrected chi connectivity index (χ0v) is 21.5. The summed E-state index contributed by atoms with van der Waals surface area (Å²) in [4.78, 5) is 15.8. The van der Waals surface area contributed by atoms with Gasteiger partial charge < -0.3 is 39.6 Å². The summed E-state index contributed by atoms with van der Waals surface area (Å²) in [6.07, 6.45) is -0.229. The molecule has 1 aliphatic heterocycles. The molecule has 4 rings (SSSR count). The van der Waals surface area contributed by atoms with E-state index < -0.39 is 5.97 Å². The number of carbonyl (C=O) groups is 1. The minimum atomic E-state index is -3.14. The number of nitrogens with two attached hydrogens (primary N) is 1. The van der Waals surface area contributed by atoms with Crippen LogP contribution >= 0.6 is 22.9 Å². The van der Waals surface area contributed by atoms with Crippen molar-refractivity contribution < 1.29 is 95.7 Å². The van der Waals surface area contributed by atoms with Crippen molar-refractivity contribution in [3.63, 3.8) is 0 Å². The van der Waals surface area contributed by atoms with E-state index in [-0.39, 0.29) is 93.0 Å². The van der Waals surface area contributed by atoms with Crippen molar-refractivity contribution in [1.82, 2.24) is 5.16 Å². The van der Waals surface area contributed by atoms with Gasteiger partial charge >= 0.3 is 57.4 Å². The van der Waals surface area contributed by atoms with Crippen molar-refractivity contribution in [2.24, 2.45) is 5.90 Å². The number of thiophene rings is 1. The van der Waals surface area contributed by atoms with Crippen LogP contribution in [0.5, 0.6) is 11.5 Å². The van der Waals surface area contributed by atoms with Gasteiger partial charge in [-0.05, 0) is 36.1 Å². The molecule has 0 saturated carbocycles. The van der Waals surface area contributed by atoms with E-state index in [4.69, 9.17) is 30.9 Å². The van der Waals surface area contributed by atoms with Gasteiger partial charge in [-0.1, -0.05) is 16.8 Å². The molecular formula is C18H16ClKN2O9S. The van der Waals surface area contributed by atoms with Crippen LogP contribution in [0.1, 0.15) is 26.5 Å². The summed E-state index contributed by atoms with van der Waals surface area (Å²) >= 11 is 7.38. The van der Waals surface area contributed by atoms with E-state index in [9.17, 15) is 20.1 Å². The van der Waals surface area contributed by atoms with Gasteiger partial charge in [0.1, 0.15) is 5.02 Å². The molecule has 32 heavy (non-hydrogen) atoms. The molecule has 0 unspecified atom stereocenters. The minimum absolute atomic E-state index is 0. The van der Waals surface area contributed by atoms with E-state index in [2.05, 4.69) is 16.0 Å². The van der Waals surface area contributed by atoms with Gasteiger partial charge in [-0.3, -0.25) is 4.79 Å². The van der Waals surface area contributed by atoms with E-state index >= 15 is 0 Å². The molecule has 3 heterocycles. The molecule has 11 nitrogen and oxygen atoms in total. The van der Waals surface area contributed by atoms with Crippen LogP contribution in [0.25, 0.3) is 11.3 Å². The number of rotatable bonds is 5. The van der Waals surface area contributed by atoms with Gasteiger partial charge in [0.05, 0.1) is 10.6 Å². The second-order valence-corrected chi connectivity index (χ2v) is 7.56. The maximum Gasteiger partial charge on any atom is 1.00 e. The first-order chi connectivity index (χ1) is 14.7. The van der Waals surface area contributed by atoms with Crippen LogP contribution < -0.4 is 72.0 Å². The Hall–Kier alpha value is -0.914. The van der Waals surface area contributed by atoms with Crippen molar-refractivity contribution in [1.29, 1.82) is 0 Å². The molecule has 1 aromatic carbocycles. The molecule has 5 N–H and O–H groups in total. The van der Waals surface area contributed by atoms with Gasteiger partial charge in [0.15, 0.2) is 23.0 Å². The number of benzene rings is 1. The SMILES string of the molecule is Cc1noc(-c2ccsc2C(=O)Cc2cc3c(cc2C(O)(O)O)OCO3)c1Cl.NO[O-].[K+]. The van der Waals surface area contributed by atoms with Crippen LogP contribution in [0.2, 0.25) is 5.02 Å². The number of hydrogen-bond donors (Lipinski definition) is 4. The normalized spacial score (nSPS) is 12.1. The van der Waals surface area contributed by atoms with Crippen LogP contribution in [0.4, 0.5) is 0 Å². The first-order valence-electron chi connectivity index (χ1n) is 8.49. The summed E-state index contributed by atoms with van der Waals surface area (Å²) in [7, 11) is 0. The molecule has 166 valence electrons. The molecule has 14 heteroatoms. The smallest absolute Gasteiger partial charge is 0.704 e. The summed E-state index contributed by atoms with van der Waals surface area (Å²) in [5.41, 5.74) is 0.911. The Bertz CT molecular complexity index is 1100. The Kier molecular flexibility index (Phi) is 9.81. The van der Waals surface area contributed by atoms with Gasteiger partial charge in [0.2, 0.25) is 6.79 Å². The number of ketones is 1. The van der Waals surface area contributed by atoms with Gasteiger partial charge in [-0.2, -0.15) is 0 Å². The van der Waals surface area contributed by atoms with Crippen molar-refractivity contribution in [3.05, 3.63) is 50.3 Å². The van der Waals surface area contributed by atoms with Crippen molar-refractivity contribution in [2.75, 3.05) is 6.79 Å². The molecule has 0 spiro atoms. The number of halogens is 1. The summed E-state index contributed by atoms with van der Waals surface area (Å²) in [6.45, 7) is 1.64. The summed E-state index contributed by atoms with van der Waals surface area (Å²) in [5.74, 6) is 1.19. The fourth-order valence-electron chi connectivity index (χ4n) is 2.93. The molecule has 0 radical (unpaired) electrons. The maximum absolute atomic E-state index is 13.0. The average molecular weight is 511 g/mol. The van der Waals surface area contributed by atoms with Crippen LogP contribution in [0.3, 0.4) is 0 Å². The number of aliphatic hydroxyl groups is 3. The van der Waals surface area contributed by atoms with Crippen LogP contribution in [0.15, 0.2) is 28.1 Å². The van der Waals surface area contributed by atoms with Crippen LogP contribution in [-0.4, -0.2) is 33.1 Å². The predicted molar refractivity (Wildman–Crippen MR) is 104 cm³/mol. The number of carbonyl (C=O) groups excluding carboxylic acids is 1. The monoisotopic (exact) mass is 510 g/mol. The molecule has 0 amide bonds. The van der Waals surface area contributed by atoms with Gasteiger partial charge in [0.25, 0.3) is 0 Å². The van der Waals surface area contributed by atoms with E-state index in [0.29, 0.717) is 26.9 Å². The largest absolute Gasteiger partial charge is 1.00 e. The number of Topliss-reactive ketones (excluding diaryl/α,β-unsaturated/α-hetero) is 1. The van der Waals surface area contributed by atoms with Crippen molar-refractivity contribution in [3.8, 4) is 22.8 Å². The third kappa shape index (κ3) is 5.95. The molecule has 0 bridgehead atoms. The van der Waals surface area contributed by atoms with Gasteiger partial charge in [-0.15, -0.1) is 11.3 Å². The minimum Gasteiger partial charge on any atom is -0.704 e. The summed E-state index contributed by atoms with van der Waals surface area (Å²) in [5, 5.41) is 43.1. The fourth-order valence-corrected chi connectivity index (χ4v) is 3.93. The molecule has 2 aromatic heterocycles. The maximum atomic E-state index is 13.0. The fraction of sp³-hybridized carbons (Fsp3) is 0.222. The van der Waals surface area contributed by atoms with E-state index in [0.717, 1.165) is 0 Å². The van der Waals surface area contributed by atoms with Crippen molar-refractivity contribution >= 4 is 28.7 Å². The second kappa shape index (κ2) is 11.5. The topological polar surface area (TPSA) is 181 Å². The first kappa shape index (κ1) is 27.3. The Balaban J connectivity index is 0.000000860. The third-order valence-electron chi connectivity index (χ3n) is 4.26. The molecule has 0 fully saturated rings. The predicted octanol–water partition coefficient (Wildman–Crippen LogP) is -2.24. The number of hydrogen-bond acceptors (Lipinski definition) is 12.